The minimum Gasteiger partial charge on any atom is -0.507 e. The van der Waals surface area contributed by atoms with Gasteiger partial charge in [0.25, 0.3) is 0 Å². The number of nitrogen functional groups attached to an aromatic ring is 1. The van der Waals surface area contributed by atoms with Crippen molar-refractivity contribution in [2.45, 2.75) is 13.0 Å². The molecule has 10 heteroatoms. The smallest absolute Gasteiger partial charge is 0.207 e. The number of benzene rings is 3. The van der Waals surface area contributed by atoms with E-state index in [1.807, 2.05) is 77.4 Å². The summed E-state index contributed by atoms with van der Waals surface area (Å²) in [6.07, 6.45) is 3.66. The monoisotopic (exact) mass is 611 g/mol. The second-order valence-corrected chi connectivity index (χ2v) is 10.9. The number of hydrogen-bond donors (Lipinski definition) is 3. The number of aromatic hydroxyl groups is 1. The van der Waals surface area contributed by atoms with Crippen LogP contribution in [-0.4, -0.2) is 61.9 Å². The number of phenols is 1. The van der Waals surface area contributed by atoms with E-state index in [0.29, 0.717) is 68.1 Å². The lowest BCUT2D eigenvalue weighted by molar-refractivity contribution is -0.109. The van der Waals surface area contributed by atoms with Gasteiger partial charge in [-0.2, -0.15) is 0 Å². The number of amides is 1. The van der Waals surface area contributed by atoms with Gasteiger partial charge >= 0.3 is 0 Å². The highest BCUT2D eigenvalue weighted by molar-refractivity contribution is 5.84. The van der Waals surface area contributed by atoms with Crippen molar-refractivity contribution in [3.8, 4) is 34.1 Å². The molecule has 0 saturated heterocycles. The Morgan fingerprint density at radius 2 is 1.67 bits per heavy atom. The SMILES string of the molecule is Nc1ncccc1-c1nc2ccc(-c3ccccc3)nc2n1-c1ccc(CN(CCNC=O)CCc2ccc(C=O)c(O)c2)cc1. The number of nitrogens with zero attached hydrogens (tertiary/aromatic N) is 5. The molecule has 0 saturated carbocycles. The Morgan fingerprint density at radius 1 is 0.870 bits per heavy atom. The molecule has 0 unspecified atom stereocenters. The van der Waals surface area contributed by atoms with Gasteiger partial charge in [-0.15, -0.1) is 0 Å². The first-order valence-electron chi connectivity index (χ1n) is 15.0. The Morgan fingerprint density at radius 3 is 2.41 bits per heavy atom. The van der Waals surface area contributed by atoms with E-state index in [9.17, 15) is 14.7 Å². The van der Waals surface area contributed by atoms with Gasteiger partial charge in [0.1, 0.15) is 17.1 Å². The van der Waals surface area contributed by atoms with E-state index in [2.05, 4.69) is 27.3 Å². The molecule has 46 heavy (non-hydrogen) atoms. The Balaban J connectivity index is 1.31. The molecule has 0 aliphatic rings. The van der Waals surface area contributed by atoms with E-state index < -0.39 is 0 Å². The number of nitrogens with one attached hydrogen (secondary N) is 1. The van der Waals surface area contributed by atoms with Crippen molar-refractivity contribution in [2.24, 2.45) is 0 Å². The number of aldehydes is 1. The van der Waals surface area contributed by atoms with Gasteiger partial charge < -0.3 is 16.2 Å². The predicted octanol–water partition coefficient (Wildman–Crippen LogP) is 5.04. The first-order chi connectivity index (χ1) is 22.5. The molecule has 0 aliphatic carbocycles. The number of pyridine rings is 2. The fraction of sp³-hybridized carbons (Fsp3) is 0.139. The summed E-state index contributed by atoms with van der Waals surface area (Å²) in [5.41, 5.74) is 13.5. The minimum atomic E-state index is -0.0259. The van der Waals surface area contributed by atoms with Crippen LogP contribution in [0, 0.1) is 0 Å². The van der Waals surface area contributed by atoms with E-state index in [0.717, 1.165) is 33.6 Å². The average Bonchev–Trinajstić information content (AvgIpc) is 3.47. The third-order valence-corrected chi connectivity index (χ3v) is 7.85. The van der Waals surface area contributed by atoms with Crippen molar-refractivity contribution in [3.05, 3.63) is 120 Å². The van der Waals surface area contributed by atoms with Crippen LogP contribution in [0.1, 0.15) is 21.5 Å². The molecule has 0 atom stereocenters. The van der Waals surface area contributed by atoms with Crippen molar-refractivity contribution >= 4 is 29.7 Å². The third kappa shape index (κ3) is 6.62. The summed E-state index contributed by atoms with van der Waals surface area (Å²) in [5, 5.41) is 12.8. The summed E-state index contributed by atoms with van der Waals surface area (Å²) >= 11 is 0. The molecular formula is C36H33N7O3. The molecule has 6 rings (SSSR count). The van der Waals surface area contributed by atoms with Gasteiger partial charge in [-0.05, 0) is 66.1 Å². The standard InChI is InChI=1S/C36H33N7O3/c37-34-30(7-4-17-39-34)35-41-32-15-14-31(27-5-2-1-3-6-27)40-36(32)43(35)29-12-9-26(10-13-29)22-42(20-18-38-24-45)19-16-25-8-11-28(23-44)33(46)21-25/h1-15,17,21,23-24,46H,16,18-20,22H2,(H2,37,39)(H,38,45). The first kappa shape index (κ1) is 30.2. The van der Waals surface area contributed by atoms with Crippen molar-refractivity contribution in [3.63, 3.8) is 0 Å². The Hall–Kier alpha value is -5.87. The van der Waals surface area contributed by atoms with Crippen LogP contribution in [0.15, 0.2) is 103 Å². The van der Waals surface area contributed by atoms with Crippen LogP contribution in [0.5, 0.6) is 5.75 Å². The molecule has 230 valence electrons. The molecule has 0 spiro atoms. The van der Waals surface area contributed by atoms with Gasteiger partial charge in [-0.25, -0.2) is 15.0 Å². The zero-order valence-electron chi connectivity index (χ0n) is 25.1. The first-order valence-corrected chi connectivity index (χ1v) is 15.0. The summed E-state index contributed by atoms with van der Waals surface area (Å²) < 4.78 is 2.01. The Bertz CT molecular complexity index is 1970. The van der Waals surface area contributed by atoms with Gasteiger partial charge in [0, 0.05) is 43.6 Å². The quantitative estimate of drug-likeness (QED) is 0.122. The molecule has 10 nitrogen and oxygen atoms in total. The van der Waals surface area contributed by atoms with Crippen LogP contribution in [0.2, 0.25) is 0 Å². The molecule has 0 aliphatic heterocycles. The highest BCUT2D eigenvalue weighted by Crippen LogP contribution is 2.32. The lowest BCUT2D eigenvalue weighted by atomic mass is 10.1. The number of rotatable bonds is 13. The number of phenolic OH excluding ortho intramolecular Hbond substituents is 1. The van der Waals surface area contributed by atoms with Crippen molar-refractivity contribution in [1.82, 2.24) is 29.7 Å². The second-order valence-electron chi connectivity index (χ2n) is 10.9. The van der Waals surface area contributed by atoms with E-state index in [4.69, 9.17) is 15.7 Å². The van der Waals surface area contributed by atoms with Crippen LogP contribution < -0.4 is 11.1 Å². The van der Waals surface area contributed by atoms with Gasteiger partial charge in [0.15, 0.2) is 17.8 Å². The number of fused-ring (bicyclic) bond motifs is 1. The largest absolute Gasteiger partial charge is 0.507 e. The van der Waals surface area contributed by atoms with Crippen LogP contribution in [0.3, 0.4) is 0 Å². The fourth-order valence-electron chi connectivity index (χ4n) is 5.45. The number of carbonyl (C=O) groups is 2. The third-order valence-electron chi connectivity index (χ3n) is 7.85. The molecule has 1 amide bonds. The maximum Gasteiger partial charge on any atom is 0.207 e. The Labute approximate surface area is 266 Å². The van der Waals surface area contributed by atoms with Crippen LogP contribution in [0.25, 0.3) is 39.5 Å². The summed E-state index contributed by atoms with van der Waals surface area (Å²) in [7, 11) is 0. The van der Waals surface area contributed by atoms with Crippen LogP contribution in [-0.2, 0) is 17.8 Å². The predicted molar refractivity (Wildman–Crippen MR) is 178 cm³/mol. The number of nitrogens with two attached hydrogens (primary N) is 1. The molecule has 3 aromatic heterocycles. The molecule has 6 aromatic rings. The van der Waals surface area contributed by atoms with Gasteiger partial charge in [-0.1, -0.05) is 48.5 Å². The highest BCUT2D eigenvalue weighted by atomic mass is 16.3. The average molecular weight is 612 g/mol. The normalized spacial score (nSPS) is 11.2. The van der Waals surface area contributed by atoms with Crippen molar-refractivity contribution in [1.29, 1.82) is 0 Å². The number of imidazole rings is 1. The van der Waals surface area contributed by atoms with Crippen molar-refractivity contribution < 1.29 is 14.7 Å². The Kier molecular flexibility index (Phi) is 9.07. The second kappa shape index (κ2) is 13.8. The maximum absolute atomic E-state index is 11.1. The number of anilines is 1. The summed E-state index contributed by atoms with van der Waals surface area (Å²) in [5.74, 6) is 1.01. The van der Waals surface area contributed by atoms with Crippen molar-refractivity contribution in [2.75, 3.05) is 25.4 Å². The van der Waals surface area contributed by atoms with E-state index in [-0.39, 0.29) is 11.3 Å². The van der Waals surface area contributed by atoms with Crippen LogP contribution in [0.4, 0.5) is 5.82 Å². The molecule has 0 bridgehead atoms. The summed E-state index contributed by atoms with van der Waals surface area (Å²) in [6.45, 7) is 2.47. The van der Waals surface area contributed by atoms with Gasteiger partial charge in [-0.3, -0.25) is 19.1 Å². The molecule has 0 radical (unpaired) electrons. The van der Waals surface area contributed by atoms with E-state index in [1.54, 1.807) is 18.3 Å². The molecule has 3 heterocycles. The molecule has 4 N–H and O–H groups in total. The van der Waals surface area contributed by atoms with E-state index in [1.165, 1.54) is 0 Å². The van der Waals surface area contributed by atoms with E-state index >= 15 is 0 Å². The fourth-order valence-corrected chi connectivity index (χ4v) is 5.45. The zero-order chi connectivity index (χ0) is 31.9. The lowest BCUT2D eigenvalue weighted by Crippen LogP contribution is -2.33. The van der Waals surface area contributed by atoms with Crippen LogP contribution >= 0.6 is 0 Å². The molecular weight excluding hydrogens is 578 g/mol. The summed E-state index contributed by atoms with van der Waals surface area (Å²) in [4.78, 5) is 38.5. The number of hydrogen-bond acceptors (Lipinski definition) is 8. The van der Waals surface area contributed by atoms with Gasteiger partial charge in [0.05, 0.1) is 16.8 Å². The maximum atomic E-state index is 11.1. The molecule has 0 fully saturated rings. The highest BCUT2D eigenvalue weighted by Gasteiger charge is 2.19. The lowest BCUT2D eigenvalue weighted by Gasteiger charge is -2.22. The topological polar surface area (TPSA) is 139 Å². The number of carbonyl (C=O) groups excluding carboxylic acids is 2. The van der Waals surface area contributed by atoms with Gasteiger partial charge in [0.2, 0.25) is 6.41 Å². The minimum absolute atomic E-state index is 0.0259. The summed E-state index contributed by atoms with van der Waals surface area (Å²) in [6, 6.07) is 31.0. The molecule has 3 aromatic carbocycles. The number of aromatic nitrogens is 4. The zero-order valence-corrected chi connectivity index (χ0v) is 25.1.